The maximum absolute atomic E-state index is 12.7. The van der Waals surface area contributed by atoms with Crippen LogP contribution in [-0.2, 0) is 7.05 Å². The zero-order valence-corrected chi connectivity index (χ0v) is 9.44. The summed E-state index contributed by atoms with van der Waals surface area (Å²) in [6, 6.07) is 7.62. The van der Waals surface area contributed by atoms with Gasteiger partial charge in [0.15, 0.2) is 0 Å². The van der Waals surface area contributed by atoms with E-state index in [1.807, 2.05) is 6.07 Å². The molecule has 86 valence electrons. The first-order chi connectivity index (χ1) is 8.11. The largest absolute Gasteiger partial charge is 0.438 e. The number of aryl methyl sites for hydroxylation is 2. The van der Waals surface area contributed by atoms with Gasteiger partial charge in [0.2, 0.25) is 5.88 Å². The summed E-state index contributed by atoms with van der Waals surface area (Å²) >= 11 is 0. The van der Waals surface area contributed by atoms with Crippen LogP contribution in [0.5, 0.6) is 11.6 Å². The number of hydrogen-bond acceptors (Lipinski definition) is 3. The first-order valence-corrected chi connectivity index (χ1v) is 4.99. The van der Waals surface area contributed by atoms with Gasteiger partial charge in [-0.05, 0) is 31.2 Å². The first-order valence-electron chi connectivity index (χ1n) is 4.99. The van der Waals surface area contributed by atoms with Gasteiger partial charge in [-0.1, -0.05) is 0 Å². The summed E-state index contributed by atoms with van der Waals surface area (Å²) in [7, 11) is 1.69. The second-order valence-corrected chi connectivity index (χ2v) is 3.56. The zero-order chi connectivity index (χ0) is 12.4. The predicted octanol–water partition coefficient (Wildman–Crippen LogP) is 2.53. The molecule has 0 amide bonds. The van der Waals surface area contributed by atoms with Crippen LogP contribution in [0.2, 0.25) is 0 Å². The Balaban J connectivity index is 2.36. The van der Waals surface area contributed by atoms with Crippen molar-refractivity contribution in [3.63, 3.8) is 0 Å². The fourth-order valence-electron chi connectivity index (χ4n) is 1.50. The molecule has 17 heavy (non-hydrogen) atoms. The summed E-state index contributed by atoms with van der Waals surface area (Å²) in [5, 5.41) is 13.1. The topological polar surface area (TPSA) is 50.8 Å². The van der Waals surface area contributed by atoms with Gasteiger partial charge in [-0.2, -0.15) is 10.4 Å². The molecule has 4 nitrogen and oxygen atoms in total. The smallest absolute Gasteiger partial charge is 0.235 e. The van der Waals surface area contributed by atoms with Crippen molar-refractivity contribution in [3.05, 3.63) is 41.3 Å². The van der Waals surface area contributed by atoms with Crippen LogP contribution in [0, 0.1) is 24.1 Å². The Morgan fingerprint density at radius 1 is 1.35 bits per heavy atom. The summed E-state index contributed by atoms with van der Waals surface area (Å²) in [5.74, 6) is 0.488. The minimum atomic E-state index is -0.334. The number of hydrogen-bond donors (Lipinski definition) is 0. The van der Waals surface area contributed by atoms with E-state index < -0.39 is 0 Å². The molecule has 5 heteroatoms. The van der Waals surface area contributed by atoms with Crippen LogP contribution in [0.1, 0.15) is 11.3 Å². The van der Waals surface area contributed by atoms with Gasteiger partial charge in [-0.15, -0.1) is 0 Å². The lowest BCUT2D eigenvalue weighted by molar-refractivity contribution is 0.428. The minimum Gasteiger partial charge on any atom is -0.438 e. The van der Waals surface area contributed by atoms with Crippen molar-refractivity contribution >= 4 is 0 Å². The predicted molar refractivity (Wildman–Crippen MR) is 59.1 cm³/mol. The van der Waals surface area contributed by atoms with Crippen LogP contribution >= 0.6 is 0 Å². The van der Waals surface area contributed by atoms with Gasteiger partial charge in [0.05, 0.1) is 5.69 Å². The summed E-state index contributed by atoms with van der Waals surface area (Å²) in [4.78, 5) is 0. The van der Waals surface area contributed by atoms with E-state index in [-0.39, 0.29) is 5.82 Å². The third kappa shape index (κ3) is 2.11. The van der Waals surface area contributed by atoms with Crippen LogP contribution in [-0.4, -0.2) is 9.78 Å². The van der Waals surface area contributed by atoms with Crippen molar-refractivity contribution in [2.24, 2.45) is 7.05 Å². The Bertz CT molecular complexity index is 581. The van der Waals surface area contributed by atoms with Gasteiger partial charge in [0.25, 0.3) is 0 Å². The minimum absolute atomic E-state index is 0.334. The number of ether oxygens (including phenoxy) is 1. The number of halogens is 1. The lowest BCUT2D eigenvalue weighted by atomic mass is 10.3. The Morgan fingerprint density at radius 2 is 2.00 bits per heavy atom. The molecule has 0 aliphatic carbocycles. The normalized spacial score (nSPS) is 10.0. The van der Waals surface area contributed by atoms with E-state index in [1.165, 1.54) is 28.9 Å². The molecule has 1 heterocycles. The average molecular weight is 231 g/mol. The molecular weight excluding hydrogens is 221 g/mol. The van der Waals surface area contributed by atoms with Gasteiger partial charge in [-0.25, -0.2) is 9.07 Å². The van der Waals surface area contributed by atoms with Crippen LogP contribution in [0.15, 0.2) is 24.3 Å². The fraction of sp³-hybridized carbons (Fsp3) is 0.167. The Kier molecular flexibility index (Phi) is 2.79. The van der Waals surface area contributed by atoms with Gasteiger partial charge in [0.1, 0.15) is 23.2 Å². The van der Waals surface area contributed by atoms with E-state index in [4.69, 9.17) is 10.00 Å². The highest BCUT2D eigenvalue weighted by Gasteiger charge is 2.14. The SMILES string of the molecule is Cc1nn(C)c(Oc2ccc(F)cc2)c1C#N. The molecule has 0 spiro atoms. The Morgan fingerprint density at radius 3 is 2.59 bits per heavy atom. The molecule has 0 aliphatic heterocycles. The van der Waals surface area contributed by atoms with Crippen LogP contribution in [0.3, 0.4) is 0 Å². The standard InChI is InChI=1S/C12H10FN3O/c1-8-11(7-14)12(16(2)15-8)17-10-5-3-9(13)4-6-10/h3-6H,1-2H3. The molecule has 0 saturated carbocycles. The van der Waals surface area contributed by atoms with Gasteiger partial charge in [-0.3, -0.25) is 0 Å². The number of aromatic nitrogens is 2. The highest BCUT2D eigenvalue weighted by atomic mass is 19.1. The fourth-order valence-corrected chi connectivity index (χ4v) is 1.50. The van der Waals surface area contributed by atoms with E-state index in [9.17, 15) is 4.39 Å². The lowest BCUT2D eigenvalue weighted by Crippen LogP contribution is -1.96. The molecule has 0 atom stereocenters. The molecule has 0 unspecified atom stereocenters. The monoisotopic (exact) mass is 231 g/mol. The maximum Gasteiger partial charge on any atom is 0.235 e. The molecule has 2 aromatic rings. The molecule has 0 fully saturated rings. The third-order valence-electron chi connectivity index (χ3n) is 2.31. The summed E-state index contributed by atoms with van der Waals surface area (Å²) in [5.41, 5.74) is 0.990. The van der Waals surface area contributed by atoms with E-state index in [0.29, 0.717) is 22.9 Å². The van der Waals surface area contributed by atoms with Crippen molar-refractivity contribution in [3.8, 4) is 17.7 Å². The van der Waals surface area contributed by atoms with Crippen molar-refractivity contribution in [2.75, 3.05) is 0 Å². The molecule has 2 rings (SSSR count). The van der Waals surface area contributed by atoms with E-state index in [1.54, 1.807) is 14.0 Å². The van der Waals surface area contributed by atoms with E-state index in [2.05, 4.69) is 5.10 Å². The van der Waals surface area contributed by atoms with Crippen LogP contribution in [0.25, 0.3) is 0 Å². The lowest BCUT2D eigenvalue weighted by Gasteiger charge is -2.05. The average Bonchev–Trinajstić information content (AvgIpc) is 2.57. The quantitative estimate of drug-likeness (QED) is 0.798. The van der Waals surface area contributed by atoms with Crippen molar-refractivity contribution in [2.45, 2.75) is 6.92 Å². The Labute approximate surface area is 97.9 Å². The molecule has 0 radical (unpaired) electrons. The summed E-state index contributed by atoms with van der Waals surface area (Å²) in [6.45, 7) is 1.73. The van der Waals surface area contributed by atoms with E-state index >= 15 is 0 Å². The molecular formula is C12H10FN3O. The van der Waals surface area contributed by atoms with Crippen LogP contribution < -0.4 is 4.74 Å². The molecule has 0 saturated heterocycles. The molecule has 0 aliphatic rings. The van der Waals surface area contributed by atoms with E-state index in [0.717, 1.165) is 0 Å². The first kappa shape index (κ1) is 11.1. The second kappa shape index (κ2) is 4.26. The number of nitrogens with zero attached hydrogens (tertiary/aromatic N) is 3. The number of benzene rings is 1. The number of nitriles is 1. The van der Waals surface area contributed by atoms with Gasteiger partial charge in [0, 0.05) is 7.05 Å². The highest BCUT2D eigenvalue weighted by Crippen LogP contribution is 2.26. The Hall–Kier alpha value is -2.35. The molecule has 0 bridgehead atoms. The van der Waals surface area contributed by atoms with Crippen molar-refractivity contribution in [1.29, 1.82) is 5.26 Å². The third-order valence-corrected chi connectivity index (χ3v) is 2.31. The van der Waals surface area contributed by atoms with Crippen molar-refractivity contribution < 1.29 is 9.13 Å². The van der Waals surface area contributed by atoms with Crippen LogP contribution in [0.4, 0.5) is 4.39 Å². The second-order valence-electron chi connectivity index (χ2n) is 3.56. The number of rotatable bonds is 2. The van der Waals surface area contributed by atoms with Gasteiger partial charge < -0.3 is 4.74 Å². The maximum atomic E-state index is 12.7. The molecule has 0 N–H and O–H groups in total. The summed E-state index contributed by atoms with van der Waals surface area (Å²) in [6.07, 6.45) is 0. The van der Waals surface area contributed by atoms with Crippen molar-refractivity contribution in [1.82, 2.24) is 9.78 Å². The van der Waals surface area contributed by atoms with Gasteiger partial charge >= 0.3 is 0 Å². The molecule has 1 aromatic heterocycles. The summed E-state index contributed by atoms with van der Waals surface area (Å²) < 4.78 is 19.7. The highest BCUT2D eigenvalue weighted by molar-refractivity contribution is 5.44. The zero-order valence-electron chi connectivity index (χ0n) is 9.44. The molecule has 1 aromatic carbocycles.